The molecule has 0 aliphatic carbocycles. The van der Waals surface area contributed by atoms with E-state index in [0.717, 1.165) is 5.69 Å². The van der Waals surface area contributed by atoms with Gasteiger partial charge in [-0.1, -0.05) is 0 Å². The van der Waals surface area contributed by atoms with Gasteiger partial charge in [-0.05, 0) is 45.0 Å². The van der Waals surface area contributed by atoms with E-state index in [-0.39, 0.29) is 19.3 Å². The average molecular weight is 587 g/mol. The van der Waals surface area contributed by atoms with Crippen LogP contribution in [-0.2, 0) is 30.3 Å². The lowest BCUT2D eigenvalue weighted by Gasteiger charge is -2.34. The van der Waals surface area contributed by atoms with Gasteiger partial charge >= 0.3 is 12.1 Å². The second kappa shape index (κ2) is 14.7. The number of methoxy groups -OCH3 is 1. The summed E-state index contributed by atoms with van der Waals surface area (Å²) in [6, 6.07) is 9.66. The Kier molecular flexibility index (Phi) is 10.8. The van der Waals surface area contributed by atoms with E-state index in [0.29, 0.717) is 81.2 Å². The molecule has 228 valence electrons. The van der Waals surface area contributed by atoms with E-state index in [1.807, 2.05) is 56.0 Å². The van der Waals surface area contributed by atoms with Crippen LogP contribution in [0.2, 0.25) is 0 Å². The summed E-state index contributed by atoms with van der Waals surface area (Å²) in [7, 11) is 1.31. The van der Waals surface area contributed by atoms with E-state index >= 15 is 0 Å². The largest absolute Gasteiger partial charge is 0.490 e. The number of carbonyl (C=O) groups excluding carboxylic acids is 2. The van der Waals surface area contributed by atoms with Crippen molar-refractivity contribution in [1.82, 2.24) is 14.9 Å². The van der Waals surface area contributed by atoms with Crippen molar-refractivity contribution in [3.63, 3.8) is 0 Å². The normalized spacial score (nSPS) is 13.7. The van der Waals surface area contributed by atoms with Gasteiger partial charge in [0.05, 0.1) is 38.8 Å². The molecule has 1 aromatic carbocycles. The number of hydrogen-bond acceptors (Lipinski definition) is 12. The van der Waals surface area contributed by atoms with Crippen molar-refractivity contribution in [2.75, 3.05) is 71.2 Å². The molecule has 1 aliphatic rings. The monoisotopic (exact) mass is 586 g/mol. The molecule has 1 fully saturated rings. The predicted molar refractivity (Wildman–Crippen MR) is 152 cm³/mol. The summed E-state index contributed by atoms with van der Waals surface area (Å²) >= 11 is 0. The van der Waals surface area contributed by atoms with Gasteiger partial charge in [-0.2, -0.15) is 4.98 Å². The fourth-order valence-electron chi connectivity index (χ4n) is 3.92. The summed E-state index contributed by atoms with van der Waals surface area (Å²) in [6.45, 7) is 9.39. The molecular weight excluding hydrogens is 548 g/mol. The van der Waals surface area contributed by atoms with Crippen molar-refractivity contribution < 1.29 is 42.4 Å². The Balaban J connectivity index is 1.17. The minimum absolute atomic E-state index is 0.0917. The van der Waals surface area contributed by atoms with Crippen molar-refractivity contribution in [3.05, 3.63) is 42.2 Å². The Morgan fingerprint density at radius 2 is 1.67 bits per heavy atom. The van der Waals surface area contributed by atoms with Crippen LogP contribution in [0, 0.1) is 0 Å². The number of esters is 1. The second-order valence-corrected chi connectivity index (χ2v) is 10.4. The van der Waals surface area contributed by atoms with Crippen molar-refractivity contribution in [2.24, 2.45) is 0 Å². The van der Waals surface area contributed by atoms with Crippen LogP contribution in [0.3, 0.4) is 0 Å². The van der Waals surface area contributed by atoms with E-state index < -0.39 is 11.6 Å². The zero-order valence-corrected chi connectivity index (χ0v) is 24.5. The number of ether oxygens (including phenoxy) is 6. The molecule has 0 atom stereocenters. The number of carbonyl (C=O) groups is 2. The predicted octanol–water partition coefficient (Wildman–Crippen LogP) is 3.44. The number of rotatable bonds is 13. The maximum absolute atomic E-state index is 12.3. The lowest BCUT2D eigenvalue weighted by atomic mass is 10.2. The van der Waals surface area contributed by atoms with Crippen molar-refractivity contribution in [3.8, 4) is 11.5 Å². The molecule has 1 amide bonds. The van der Waals surface area contributed by atoms with Crippen LogP contribution in [0.4, 0.5) is 10.8 Å². The van der Waals surface area contributed by atoms with Crippen LogP contribution >= 0.6 is 0 Å². The fraction of sp³-hybridized carbons (Fsp3) is 0.517. The van der Waals surface area contributed by atoms with E-state index in [1.165, 1.54) is 7.11 Å². The van der Waals surface area contributed by atoms with Crippen LogP contribution in [0.5, 0.6) is 11.5 Å². The molecule has 2 aromatic heterocycles. The topological polar surface area (TPSA) is 135 Å². The summed E-state index contributed by atoms with van der Waals surface area (Å²) in [5.41, 5.74) is 1.56. The lowest BCUT2D eigenvalue weighted by Crippen LogP contribution is -2.50. The average Bonchev–Trinajstić information content (AvgIpc) is 3.40. The van der Waals surface area contributed by atoms with Gasteiger partial charge in [-0.25, -0.2) is 9.59 Å². The van der Waals surface area contributed by atoms with Crippen molar-refractivity contribution in [1.29, 1.82) is 0 Å². The van der Waals surface area contributed by atoms with E-state index in [4.69, 9.17) is 28.1 Å². The van der Waals surface area contributed by atoms with Gasteiger partial charge in [0.25, 0.3) is 6.01 Å². The molecule has 13 heteroatoms. The second-order valence-electron chi connectivity index (χ2n) is 10.4. The van der Waals surface area contributed by atoms with E-state index in [2.05, 4.69) is 14.7 Å². The van der Waals surface area contributed by atoms with E-state index in [9.17, 15) is 9.59 Å². The van der Waals surface area contributed by atoms with Crippen LogP contribution in [0.1, 0.15) is 26.5 Å². The summed E-state index contributed by atoms with van der Waals surface area (Å²) in [5, 5.41) is 0. The SMILES string of the molecule is COC(=O)COCCOCCOc1ccc(COc2ccc3oc(N4CCN(C(=O)OC(C)(C)C)CC4)nc3c2)nc1. The van der Waals surface area contributed by atoms with Crippen molar-refractivity contribution >= 4 is 29.2 Å². The number of anilines is 1. The van der Waals surface area contributed by atoms with Crippen molar-refractivity contribution in [2.45, 2.75) is 33.0 Å². The number of piperazine rings is 1. The Morgan fingerprint density at radius 1 is 0.929 bits per heavy atom. The summed E-state index contributed by atoms with van der Waals surface area (Å²) in [5.74, 6) is 0.842. The summed E-state index contributed by atoms with van der Waals surface area (Å²) < 4.78 is 38.0. The molecule has 0 spiro atoms. The maximum atomic E-state index is 12.3. The quantitative estimate of drug-likeness (QED) is 0.214. The van der Waals surface area contributed by atoms with Crippen LogP contribution < -0.4 is 14.4 Å². The number of hydrogen-bond donors (Lipinski definition) is 0. The third-order valence-electron chi connectivity index (χ3n) is 6.05. The van der Waals surface area contributed by atoms with E-state index in [1.54, 1.807) is 11.1 Å². The number of fused-ring (bicyclic) bond motifs is 1. The first-order valence-electron chi connectivity index (χ1n) is 13.8. The molecule has 0 radical (unpaired) electrons. The number of aromatic nitrogens is 2. The first-order chi connectivity index (χ1) is 20.2. The summed E-state index contributed by atoms with van der Waals surface area (Å²) in [6.07, 6.45) is 1.33. The van der Waals surface area contributed by atoms with Crippen LogP contribution in [0.25, 0.3) is 11.1 Å². The molecule has 42 heavy (non-hydrogen) atoms. The highest BCUT2D eigenvalue weighted by Crippen LogP contribution is 2.27. The molecule has 0 saturated carbocycles. The Morgan fingerprint density at radius 3 is 2.38 bits per heavy atom. The van der Waals surface area contributed by atoms with Gasteiger partial charge in [0.15, 0.2) is 5.58 Å². The number of benzene rings is 1. The molecule has 4 rings (SSSR count). The molecule has 1 aliphatic heterocycles. The van der Waals surface area contributed by atoms with Gasteiger partial charge < -0.3 is 42.6 Å². The number of nitrogens with zero attached hydrogens (tertiary/aromatic N) is 4. The fourth-order valence-corrected chi connectivity index (χ4v) is 3.92. The molecule has 3 aromatic rings. The van der Waals surface area contributed by atoms with Crippen LogP contribution in [0.15, 0.2) is 40.9 Å². The molecule has 0 N–H and O–H groups in total. The minimum Gasteiger partial charge on any atom is -0.490 e. The van der Waals surface area contributed by atoms with Gasteiger partial charge in [-0.3, -0.25) is 4.98 Å². The Bertz CT molecular complexity index is 1300. The summed E-state index contributed by atoms with van der Waals surface area (Å²) in [4.78, 5) is 36.0. The standard InChI is InChI=1S/C29H38N4O9/c1-29(2,3)42-28(35)33-11-9-32(10-12-33)27-31-24-17-22(7-8-25(24)41-27)40-19-21-5-6-23(18-30-21)39-16-15-37-13-14-38-20-26(34)36-4/h5-8,17-18H,9-16,19-20H2,1-4H3. The van der Waals surface area contributed by atoms with Gasteiger partial charge in [0.1, 0.15) is 42.4 Å². The first kappa shape index (κ1) is 30.8. The lowest BCUT2D eigenvalue weighted by molar-refractivity contribution is -0.146. The Hall–Kier alpha value is -4.10. The van der Waals surface area contributed by atoms with Crippen LogP contribution in [-0.4, -0.2) is 98.9 Å². The molecule has 0 unspecified atom stereocenters. The number of oxazole rings is 1. The Labute approximate surface area is 244 Å². The third kappa shape index (κ3) is 9.48. The van der Waals surface area contributed by atoms with Gasteiger partial charge in [-0.15, -0.1) is 0 Å². The highest BCUT2D eigenvalue weighted by Gasteiger charge is 2.27. The number of pyridine rings is 1. The molecule has 1 saturated heterocycles. The third-order valence-corrected chi connectivity index (χ3v) is 6.05. The molecule has 13 nitrogen and oxygen atoms in total. The zero-order valence-electron chi connectivity index (χ0n) is 24.5. The zero-order chi connectivity index (χ0) is 30.0. The maximum Gasteiger partial charge on any atom is 0.410 e. The smallest absolute Gasteiger partial charge is 0.410 e. The minimum atomic E-state index is -0.523. The van der Waals surface area contributed by atoms with Gasteiger partial charge in [0, 0.05) is 32.2 Å². The van der Waals surface area contributed by atoms with Gasteiger partial charge in [0.2, 0.25) is 0 Å². The highest BCUT2D eigenvalue weighted by atomic mass is 16.6. The molecule has 0 bridgehead atoms. The molecular formula is C29H38N4O9. The number of amides is 1. The highest BCUT2D eigenvalue weighted by molar-refractivity contribution is 5.76. The first-order valence-corrected chi connectivity index (χ1v) is 13.8. The molecule has 3 heterocycles.